The Morgan fingerprint density at radius 2 is 1.71 bits per heavy atom. The highest BCUT2D eigenvalue weighted by molar-refractivity contribution is 7.99. The van der Waals surface area contributed by atoms with Gasteiger partial charge in [-0.3, -0.25) is 9.48 Å². The van der Waals surface area contributed by atoms with Gasteiger partial charge in [-0.1, -0.05) is 78.9 Å². The van der Waals surface area contributed by atoms with Gasteiger partial charge in [0.15, 0.2) is 5.65 Å². The summed E-state index contributed by atoms with van der Waals surface area (Å²) in [7, 11) is 3.17. The van der Waals surface area contributed by atoms with Crippen LogP contribution >= 0.6 is 11.8 Å². The summed E-state index contributed by atoms with van der Waals surface area (Å²) in [4.78, 5) is 35.5. The summed E-state index contributed by atoms with van der Waals surface area (Å²) < 4.78 is 13.3. The van der Waals surface area contributed by atoms with Crippen LogP contribution in [0, 0.1) is 0 Å². The SMILES string of the molecule is COC(=O)NC(C(=O)Nc1ccccc1CC[C@@H]1CN[C@H](C)[C@@H](CSc2ncnc3c2cnn3C)O1)C(c1ccccc1)c1ccccc1. The number of hydrogen-bond donors (Lipinski definition) is 3. The van der Waals surface area contributed by atoms with Gasteiger partial charge in [0.1, 0.15) is 17.4 Å². The van der Waals surface area contributed by atoms with Crippen molar-refractivity contribution >= 4 is 40.5 Å². The van der Waals surface area contributed by atoms with Gasteiger partial charge in [-0.2, -0.15) is 5.10 Å². The number of carbonyl (C=O) groups excluding carboxylic acids is 2. The molecule has 49 heavy (non-hydrogen) atoms. The van der Waals surface area contributed by atoms with E-state index in [9.17, 15) is 9.59 Å². The van der Waals surface area contributed by atoms with Gasteiger partial charge in [0.05, 0.1) is 30.9 Å². The van der Waals surface area contributed by atoms with Gasteiger partial charge in [0.25, 0.3) is 0 Å². The lowest BCUT2D eigenvalue weighted by Gasteiger charge is -2.36. The van der Waals surface area contributed by atoms with Gasteiger partial charge in [-0.15, -0.1) is 11.8 Å². The Balaban J connectivity index is 1.14. The van der Waals surface area contributed by atoms with Crippen LogP contribution in [0.15, 0.2) is 102 Å². The fraction of sp³-hybridized carbons (Fsp3) is 0.324. The number of carbonyl (C=O) groups is 2. The summed E-state index contributed by atoms with van der Waals surface area (Å²) in [6.07, 6.45) is 4.12. The quantitative estimate of drug-likeness (QED) is 0.118. The number of morpholine rings is 1. The second kappa shape index (κ2) is 16.1. The number of nitrogens with zero attached hydrogens (tertiary/aromatic N) is 4. The van der Waals surface area contributed by atoms with Gasteiger partial charge < -0.3 is 25.4 Å². The topological polar surface area (TPSA) is 132 Å². The number of rotatable bonds is 12. The van der Waals surface area contributed by atoms with Crippen LogP contribution in [0.25, 0.3) is 11.0 Å². The van der Waals surface area contributed by atoms with E-state index in [2.05, 4.69) is 37.9 Å². The molecule has 0 saturated carbocycles. The van der Waals surface area contributed by atoms with Gasteiger partial charge >= 0.3 is 6.09 Å². The lowest BCUT2D eigenvalue weighted by atomic mass is 9.84. The fourth-order valence-electron chi connectivity index (χ4n) is 6.20. The third kappa shape index (κ3) is 8.27. The predicted octanol–water partition coefficient (Wildman–Crippen LogP) is 5.33. The molecule has 12 heteroatoms. The van der Waals surface area contributed by atoms with E-state index in [0.717, 1.165) is 51.5 Å². The number of amides is 2. The highest BCUT2D eigenvalue weighted by Crippen LogP contribution is 2.31. The molecule has 0 spiro atoms. The Morgan fingerprint density at radius 3 is 2.43 bits per heavy atom. The number of anilines is 1. The first-order chi connectivity index (χ1) is 23.9. The molecule has 3 heterocycles. The number of thioether (sulfide) groups is 1. The molecule has 1 aliphatic rings. The summed E-state index contributed by atoms with van der Waals surface area (Å²) in [6.45, 7) is 2.88. The number of ether oxygens (including phenoxy) is 2. The number of aromatic nitrogens is 4. The van der Waals surface area contributed by atoms with Gasteiger partial charge in [0.2, 0.25) is 5.91 Å². The minimum atomic E-state index is -0.946. The highest BCUT2D eigenvalue weighted by Gasteiger charge is 2.33. The molecule has 0 bridgehead atoms. The standard InChI is InChI=1S/C37H41N7O4S/c1-24-31(22-49-36-29-21-41-44(2)34(29)39-23-40-36)48-28(20-38-24)19-18-25-12-10-11-17-30(25)42-35(45)33(43-37(46)47-3)32(26-13-6-4-7-14-26)27-15-8-5-9-16-27/h4-17,21,23-24,28,31-33,38H,18-20,22H2,1-3H3,(H,42,45)(H,43,46)/t24-,28-,31-,33?/m1/s1. The second-order valence-electron chi connectivity index (χ2n) is 12.1. The summed E-state index contributed by atoms with van der Waals surface area (Å²) in [6, 6.07) is 26.4. The summed E-state index contributed by atoms with van der Waals surface area (Å²) in [5.74, 6) is -0.0649. The number of aryl methyl sites for hydroxylation is 2. The molecule has 0 aliphatic carbocycles. The van der Waals surface area contributed by atoms with Crippen LogP contribution in [0.5, 0.6) is 0 Å². The molecule has 1 saturated heterocycles. The third-order valence-electron chi connectivity index (χ3n) is 8.87. The first kappa shape index (κ1) is 34.1. The minimum absolute atomic E-state index is 0.0105. The molecule has 6 rings (SSSR count). The molecule has 1 fully saturated rings. The Labute approximate surface area is 290 Å². The number of para-hydroxylation sites is 1. The van der Waals surface area contributed by atoms with Crippen molar-refractivity contribution in [1.29, 1.82) is 0 Å². The van der Waals surface area contributed by atoms with Crippen molar-refractivity contribution in [2.24, 2.45) is 7.05 Å². The zero-order valence-corrected chi connectivity index (χ0v) is 28.6. The molecule has 2 amide bonds. The molecular formula is C37H41N7O4S. The van der Waals surface area contributed by atoms with Crippen molar-refractivity contribution in [1.82, 2.24) is 30.4 Å². The van der Waals surface area contributed by atoms with Crippen LogP contribution in [0.4, 0.5) is 10.5 Å². The van der Waals surface area contributed by atoms with Crippen molar-refractivity contribution in [2.75, 3.05) is 24.7 Å². The maximum atomic E-state index is 14.1. The van der Waals surface area contributed by atoms with Gasteiger partial charge in [0, 0.05) is 37.0 Å². The minimum Gasteiger partial charge on any atom is -0.453 e. The predicted molar refractivity (Wildman–Crippen MR) is 191 cm³/mol. The van der Waals surface area contributed by atoms with Crippen molar-refractivity contribution in [2.45, 2.75) is 55.0 Å². The van der Waals surface area contributed by atoms with E-state index in [1.807, 2.05) is 92.0 Å². The van der Waals surface area contributed by atoms with E-state index in [-0.39, 0.29) is 24.2 Å². The highest BCUT2D eigenvalue weighted by atomic mass is 32.2. The Morgan fingerprint density at radius 1 is 1.02 bits per heavy atom. The number of methoxy groups -OCH3 is 1. The zero-order chi connectivity index (χ0) is 34.2. The van der Waals surface area contributed by atoms with Crippen molar-refractivity contribution in [3.63, 3.8) is 0 Å². The van der Waals surface area contributed by atoms with Gasteiger partial charge in [-0.25, -0.2) is 14.8 Å². The lowest BCUT2D eigenvalue weighted by Crippen LogP contribution is -2.52. The van der Waals surface area contributed by atoms with Crippen molar-refractivity contribution < 1.29 is 19.1 Å². The largest absolute Gasteiger partial charge is 0.453 e. The molecule has 3 N–H and O–H groups in total. The first-order valence-corrected chi connectivity index (χ1v) is 17.4. The Hall–Kier alpha value is -4.78. The molecule has 1 aliphatic heterocycles. The van der Waals surface area contributed by atoms with Crippen LogP contribution in [0.2, 0.25) is 0 Å². The Bertz CT molecular complexity index is 1820. The number of benzene rings is 3. The lowest BCUT2D eigenvalue weighted by molar-refractivity contribution is -0.118. The molecular weight excluding hydrogens is 639 g/mol. The summed E-state index contributed by atoms with van der Waals surface area (Å²) in [5, 5.41) is 15.7. The molecule has 11 nitrogen and oxygen atoms in total. The summed E-state index contributed by atoms with van der Waals surface area (Å²) in [5.41, 5.74) is 4.27. The molecule has 1 unspecified atom stereocenters. The molecule has 254 valence electrons. The van der Waals surface area contributed by atoms with E-state index in [4.69, 9.17) is 9.47 Å². The van der Waals surface area contributed by atoms with Crippen LogP contribution in [-0.4, -0.2) is 75.4 Å². The smallest absolute Gasteiger partial charge is 0.407 e. The third-order valence-corrected chi connectivity index (χ3v) is 9.97. The maximum absolute atomic E-state index is 14.1. The van der Waals surface area contributed by atoms with E-state index in [1.54, 1.807) is 29.0 Å². The molecule has 0 radical (unpaired) electrons. The van der Waals surface area contributed by atoms with Crippen LogP contribution in [0.3, 0.4) is 0 Å². The van der Waals surface area contributed by atoms with E-state index in [1.165, 1.54) is 7.11 Å². The molecule has 5 aromatic rings. The van der Waals surface area contributed by atoms with Crippen LogP contribution < -0.4 is 16.0 Å². The number of fused-ring (bicyclic) bond motifs is 1. The van der Waals surface area contributed by atoms with E-state index in [0.29, 0.717) is 12.1 Å². The van der Waals surface area contributed by atoms with Crippen molar-refractivity contribution in [3.8, 4) is 0 Å². The van der Waals surface area contributed by atoms with Gasteiger partial charge in [-0.05, 0) is 42.5 Å². The molecule has 4 atom stereocenters. The van der Waals surface area contributed by atoms with Crippen LogP contribution in [-0.2, 0) is 27.7 Å². The maximum Gasteiger partial charge on any atom is 0.407 e. The Kier molecular flexibility index (Phi) is 11.2. The first-order valence-electron chi connectivity index (χ1n) is 16.4. The average molecular weight is 680 g/mol. The normalized spacial score (nSPS) is 18.2. The number of hydrogen-bond acceptors (Lipinski definition) is 9. The fourth-order valence-corrected chi connectivity index (χ4v) is 7.31. The summed E-state index contributed by atoms with van der Waals surface area (Å²) >= 11 is 1.65. The second-order valence-corrected chi connectivity index (χ2v) is 13.1. The monoisotopic (exact) mass is 679 g/mol. The molecule has 3 aromatic carbocycles. The average Bonchev–Trinajstić information content (AvgIpc) is 3.52. The van der Waals surface area contributed by atoms with E-state index >= 15 is 0 Å². The molecule has 2 aromatic heterocycles. The number of alkyl carbamates (subject to hydrolysis) is 1. The zero-order valence-electron chi connectivity index (χ0n) is 27.8. The van der Waals surface area contributed by atoms with E-state index < -0.39 is 18.1 Å². The van der Waals surface area contributed by atoms with Crippen LogP contribution in [0.1, 0.15) is 36.0 Å². The van der Waals surface area contributed by atoms with Crippen molar-refractivity contribution in [3.05, 3.63) is 114 Å². The number of nitrogens with one attached hydrogen (secondary N) is 3.